The van der Waals surface area contributed by atoms with Crippen LogP contribution < -0.4 is 5.32 Å². The Bertz CT molecular complexity index is 537. The summed E-state index contributed by atoms with van der Waals surface area (Å²) in [4.78, 5) is 13.5. The maximum atomic E-state index is 4.67. The highest BCUT2D eigenvalue weighted by molar-refractivity contribution is 14.1. The fourth-order valence-corrected chi connectivity index (χ4v) is 3.18. The van der Waals surface area contributed by atoms with E-state index in [4.69, 9.17) is 0 Å². The number of hydrogen-bond donors (Lipinski definition) is 1. The topological polar surface area (TPSA) is 50.7 Å². The van der Waals surface area contributed by atoms with Crippen LogP contribution in [0.15, 0.2) is 10.9 Å². The van der Waals surface area contributed by atoms with E-state index < -0.39 is 0 Å². The highest BCUT2D eigenvalue weighted by Crippen LogP contribution is 2.42. The smallest absolute Gasteiger partial charge is 0.181 e. The minimum Gasteiger partial charge on any atom is -0.372 e. The van der Waals surface area contributed by atoms with Crippen molar-refractivity contribution in [3.63, 3.8) is 0 Å². The lowest BCUT2D eigenvalue weighted by atomic mass is 10.2. The molecule has 17 heavy (non-hydrogen) atoms. The number of thiazole rings is 1. The van der Waals surface area contributed by atoms with Crippen molar-refractivity contribution >= 4 is 39.7 Å². The van der Waals surface area contributed by atoms with Crippen molar-refractivity contribution in [2.45, 2.75) is 18.8 Å². The van der Waals surface area contributed by atoms with E-state index in [2.05, 4.69) is 42.9 Å². The third-order valence-corrected chi connectivity index (χ3v) is 4.39. The summed E-state index contributed by atoms with van der Waals surface area (Å²) in [7, 11) is 1.89. The fourth-order valence-electron chi connectivity index (χ4n) is 1.69. The standard InChI is InChI=1S/C11H11IN4S/c1-13-11-8(12)9(6-2-3-6)15-10(16-11)7-4-17-5-14-7/h4-6H,2-3H2,1H3,(H,13,15,16). The van der Waals surface area contributed by atoms with Gasteiger partial charge in [0.15, 0.2) is 5.82 Å². The second-order valence-corrected chi connectivity index (χ2v) is 5.79. The summed E-state index contributed by atoms with van der Waals surface area (Å²) in [5.41, 5.74) is 3.85. The molecule has 2 aromatic rings. The molecule has 1 aliphatic carbocycles. The van der Waals surface area contributed by atoms with Gasteiger partial charge in [0.25, 0.3) is 0 Å². The Kier molecular flexibility index (Phi) is 2.99. The lowest BCUT2D eigenvalue weighted by Crippen LogP contribution is -2.04. The first kappa shape index (κ1) is 11.3. The van der Waals surface area contributed by atoms with Gasteiger partial charge in [-0.15, -0.1) is 11.3 Å². The minimum absolute atomic E-state index is 0.620. The molecule has 2 aromatic heterocycles. The second-order valence-electron chi connectivity index (χ2n) is 3.99. The van der Waals surface area contributed by atoms with Crippen LogP contribution in [-0.2, 0) is 0 Å². The van der Waals surface area contributed by atoms with Crippen LogP contribution in [0.4, 0.5) is 5.82 Å². The van der Waals surface area contributed by atoms with Gasteiger partial charge < -0.3 is 5.32 Å². The van der Waals surface area contributed by atoms with Crippen molar-refractivity contribution in [3.8, 4) is 11.5 Å². The van der Waals surface area contributed by atoms with E-state index in [0.29, 0.717) is 5.92 Å². The minimum atomic E-state index is 0.620. The Morgan fingerprint density at radius 3 is 2.82 bits per heavy atom. The zero-order valence-electron chi connectivity index (χ0n) is 9.27. The van der Waals surface area contributed by atoms with Gasteiger partial charge in [-0.05, 0) is 35.4 Å². The number of rotatable bonds is 3. The lowest BCUT2D eigenvalue weighted by molar-refractivity contribution is 0.974. The summed E-state index contributed by atoms with van der Waals surface area (Å²) in [5, 5.41) is 5.12. The number of hydrogen-bond acceptors (Lipinski definition) is 5. The zero-order chi connectivity index (χ0) is 11.8. The van der Waals surface area contributed by atoms with Crippen LogP contribution >= 0.6 is 33.9 Å². The molecule has 0 bridgehead atoms. The quantitative estimate of drug-likeness (QED) is 0.857. The highest BCUT2D eigenvalue weighted by atomic mass is 127. The van der Waals surface area contributed by atoms with Gasteiger partial charge in [0.05, 0.1) is 14.8 Å². The van der Waals surface area contributed by atoms with Crippen LogP contribution in [0, 0.1) is 3.57 Å². The zero-order valence-corrected chi connectivity index (χ0v) is 12.2. The largest absolute Gasteiger partial charge is 0.372 e. The van der Waals surface area contributed by atoms with E-state index in [0.717, 1.165) is 20.9 Å². The molecule has 0 spiro atoms. The van der Waals surface area contributed by atoms with Gasteiger partial charge >= 0.3 is 0 Å². The number of aromatic nitrogens is 3. The van der Waals surface area contributed by atoms with E-state index in [9.17, 15) is 0 Å². The molecule has 6 heteroatoms. The van der Waals surface area contributed by atoms with Gasteiger partial charge in [-0.2, -0.15) is 0 Å². The Morgan fingerprint density at radius 2 is 2.24 bits per heavy atom. The molecule has 2 heterocycles. The maximum Gasteiger partial charge on any atom is 0.181 e. The van der Waals surface area contributed by atoms with E-state index in [1.807, 2.05) is 17.9 Å². The first-order chi connectivity index (χ1) is 8.29. The molecule has 1 fully saturated rings. The molecule has 0 unspecified atom stereocenters. The Hall–Kier alpha value is -0.760. The van der Waals surface area contributed by atoms with Crippen LogP contribution in [0.2, 0.25) is 0 Å². The Balaban J connectivity index is 2.13. The predicted molar refractivity (Wildman–Crippen MR) is 77.4 cm³/mol. The van der Waals surface area contributed by atoms with Crippen LogP contribution in [0.5, 0.6) is 0 Å². The fraction of sp³-hybridized carbons (Fsp3) is 0.364. The molecule has 3 rings (SSSR count). The molecule has 4 nitrogen and oxygen atoms in total. The van der Waals surface area contributed by atoms with Crippen molar-refractivity contribution < 1.29 is 0 Å². The molecular weight excluding hydrogens is 347 g/mol. The van der Waals surface area contributed by atoms with Crippen LogP contribution in [0.1, 0.15) is 24.5 Å². The molecule has 0 radical (unpaired) electrons. The summed E-state index contributed by atoms with van der Waals surface area (Å²) in [6, 6.07) is 0. The first-order valence-electron chi connectivity index (χ1n) is 5.43. The highest BCUT2D eigenvalue weighted by Gasteiger charge is 2.29. The summed E-state index contributed by atoms with van der Waals surface area (Å²) in [6.07, 6.45) is 2.49. The summed E-state index contributed by atoms with van der Waals surface area (Å²) in [5.74, 6) is 2.26. The number of nitrogens with one attached hydrogen (secondary N) is 1. The Morgan fingerprint density at radius 1 is 1.41 bits per heavy atom. The van der Waals surface area contributed by atoms with Gasteiger partial charge in [-0.1, -0.05) is 0 Å². The average molecular weight is 358 g/mol. The van der Waals surface area contributed by atoms with Crippen molar-refractivity contribution in [2.24, 2.45) is 0 Å². The summed E-state index contributed by atoms with van der Waals surface area (Å²) in [6.45, 7) is 0. The van der Waals surface area contributed by atoms with E-state index in [1.54, 1.807) is 11.3 Å². The average Bonchev–Trinajstić information content (AvgIpc) is 3.04. The van der Waals surface area contributed by atoms with Crippen LogP contribution in [-0.4, -0.2) is 22.0 Å². The van der Waals surface area contributed by atoms with Gasteiger partial charge in [-0.3, -0.25) is 0 Å². The molecule has 0 aliphatic heterocycles. The number of halogens is 1. The Labute approximate surface area is 117 Å². The second kappa shape index (κ2) is 4.49. The summed E-state index contributed by atoms with van der Waals surface area (Å²) >= 11 is 3.89. The maximum absolute atomic E-state index is 4.67. The molecule has 0 saturated heterocycles. The summed E-state index contributed by atoms with van der Waals surface area (Å²) < 4.78 is 1.14. The number of anilines is 1. The molecule has 0 atom stereocenters. The molecule has 1 saturated carbocycles. The van der Waals surface area contributed by atoms with Gasteiger partial charge in [-0.25, -0.2) is 15.0 Å². The first-order valence-corrected chi connectivity index (χ1v) is 7.45. The van der Waals surface area contributed by atoms with E-state index in [1.165, 1.54) is 18.5 Å². The predicted octanol–water partition coefficient (Wildman–Crippen LogP) is 3.12. The van der Waals surface area contributed by atoms with Crippen LogP contribution in [0.3, 0.4) is 0 Å². The third-order valence-electron chi connectivity index (χ3n) is 2.74. The molecule has 88 valence electrons. The monoisotopic (exact) mass is 358 g/mol. The van der Waals surface area contributed by atoms with Crippen molar-refractivity contribution in [2.75, 3.05) is 12.4 Å². The third kappa shape index (κ3) is 2.15. The molecular formula is C11H11IN4S. The van der Waals surface area contributed by atoms with E-state index in [-0.39, 0.29) is 0 Å². The lowest BCUT2D eigenvalue weighted by Gasteiger charge is -2.09. The van der Waals surface area contributed by atoms with Gasteiger partial charge in [0.2, 0.25) is 0 Å². The van der Waals surface area contributed by atoms with Crippen LogP contribution in [0.25, 0.3) is 11.5 Å². The normalized spacial score (nSPS) is 14.9. The van der Waals surface area contributed by atoms with Crippen molar-refractivity contribution in [1.29, 1.82) is 0 Å². The number of nitrogens with zero attached hydrogens (tertiary/aromatic N) is 3. The van der Waals surface area contributed by atoms with Crippen molar-refractivity contribution in [3.05, 3.63) is 20.2 Å². The van der Waals surface area contributed by atoms with Crippen molar-refractivity contribution in [1.82, 2.24) is 15.0 Å². The van der Waals surface area contributed by atoms with E-state index >= 15 is 0 Å². The van der Waals surface area contributed by atoms with Gasteiger partial charge in [0.1, 0.15) is 11.5 Å². The SMILES string of the molecule is CNc1nc(-c2cscn2)nc(C2CC2)c1I. The van der Waals surface area contributed by atoms with Gasteiger partial charge in [0, 0.05) is 18.3 Å². The molecule has 1 N–H and O–H groups in total. The molecule has 0 aromatic carbocycles. The molecule has 0 amide bonds. The molecule has 1 aliphatic rings.